The maximum Gasteiger partial charge on any atom is 0.306 e. The van der Waals surface area contributed by atoms with Crippen LogP contribution in [0, 0.1) is 0 Å². The molecule has 0 radical (unpaired) electrons. The van der Waals surface area contributed by atoms with Crippen LogP contribution in [0.15, 0.2) is 12.2 Å². The van der Waals surface area contributed by atoms with Crippen LogP contribution in [0.1, 0.15) is 58.8 Å². The summed E-state index contributed by atoms with van der Waals surface area (Å²) in [6, 6.07) is 0. The molecule has 0 aliphatic heterocycles. The van der Waals surface area contributed by atoms with Crippen LogP contribution in [0.25, 0.3) is 0 Å². The molecule has 0 aliphatic rings. The number of esters is 1. The lowest BCUT2D eigenvalue weighted by atomic mass is 10.1. The number of unbranched alkanes of at least 4 members (excludes halogenated alkanes) is 4. The molecule has 0 fully saturated rings. The molecule has 0 saturated heterocycles. The van der Waals surface area contributed by atoms with Crippen molar-refractivity contribution in [3.63, 3.8) is 0 Å². The summed E-state index contributed by atoms with van der Waals surface area (Å²) in [6.45, 7) is 4.63. The Kier molecular flexibility index (Phi) is 10.7. The topological polar surface area (TPSA) is 26.3 Å². The third-order valence-corrected chi connectivity index (χ3v) is 2.19. The fourth-order valence-corrected chi connectivity index (χ4v) is 1.29. The summed E-state index contributed by atoms with van der Waals surface area (Å²) >= 11 is 0. The average Bonchev–Trinajstić information content (AvgIpc) is 2.22. The third-order valence-electron chi connectivity index (χ3n) is 2.19. The Balaban J connectivity index is 3.20. The average molecular weight is 212 g/mol. The van der Waals surface area contributed by atoms with Crippen molar-refractivity contribution < 1.29 is 9.53 Å². The molecule has 0 heterocycles. The standard InChI is InChI=1S/C13H24O2/c1-3-5-6-7-8-9-10-12-15-13(14)11-4-2/h9-10H,3-8,11-12H2,1-2H3/b10-9-. The summed E-state index contributed by atoms with van der Waals surface area (Å²) < 4.78 is 4.98. The van der Waals surface area contributed by atoms with E-state index in [0.717, 1.165) is 12.8 Å². The molecular formula is C13H24O2. The predicted molar refractivity (Wildman–Crippen MR) is 63.8 cm³/mol. The van der Waals surface area contributed by atoms with Crippen molar-refractivity contribution in [1.29, 1.82) is 0 Å². The van der Waals surface area contributed by atoms with Gasteiger partial charge in [-0.3, -0.25) is 4.79 Å². The van der Waals surface area contributed by atoms with E-state index >= 15 is 0 Å². The summed E-state index contributed by atoms with van der Waals surface area (Å²) in [5.74, 6) is -0.0897. The zero-order valence-corrected chi connectivity index (χ0v) is 10.1. The normalized spacial score (nSPS) is 10.8. The maximum atomic E-state index is 11.0. The van der Waals surface area contributed by atoms with Crippen LogP contribution >= 0.6 is 0 Å². The Morgan fingerprint density at radius 2 is 1.87 bits per heavy atom. The number of rotatable bonds is 9. The van der Waals surface area contributed by atoms with Crippen LogP contribution < -0.4 is 0 Å². The minimum Gasteiger partial charge on any atom is -0.461 e. The molecule has 0 spiro atoms. The minimum absolute atomic E-state index is 0.0897. The van der Waals surface area contributed by atoms with Gasteiger partial charge in [-0.25, -0.2) is 0 Å². The Bertz CT molecular complexity index is 173. The van der Waals surface area contributed by atoms with Crippen LogP contribution in [0.4, 0.5) is 0 Å². The number of hydrogen-bond donors (Lipinski definition) is 0. The molecule has 0 aliphatic carbocycles. The van der Waals surface area contributed by atoms with Crippen LogP contribution in [-0.2, 0) is 9.53 Å². The van der Waals surface area contributed by atoms with Crippen molar-refractivity contribution in [2.24, 2.45) is 0 Å². The lowest BCUT2D eigenvalue weighted by molar-refractivity contribution is -0.142. The fourth-order valence-electron chi connectivity index (χ4n) is 1.29. The lowest BCUT2D eigenvalue weighted by Gasteiger charge is -1.99. The van der Waals surface area contributed by atoms with E-state index in [0.29, 0.717) is 13.0 Å². The quantitative estimate of drug-likeness (QED) is 0.329. The van der Waals surface area contributed by atoms with Crippen LogP contribution in [0.3, 0.4) is 0 Å². The van der Waals surface area contributed by atoms with E-state index in [9.17, 15) is 4.79 Å². The van der Waals surface area contributed by atoms with Crippen molar-refractivity contribution in [3.8, 4) is 0 Å². The molecule has 88 valence electrons. The van der Waals surface area contributed by atoms with E-state index < -0.39 is 0 Å². The van der Waals surface area contributed by atoms with Gasteiger partial charge in [-0.2, -0.15) is 0 Å². The molecule has 0 atom stereocenters. The first-order chi connectivity index (χ1) is 7.31. The lowest BCUT2D eigenvalue weighted by Crippen LogP contribution is -2.02. The fraction of sp³-hybridized carbons (Fsp3) is 0.769. The van der Waals surface area contributed by atoms with E-state index in [1.807, 2.05) is 13.0 Å². The van der Waals surface area contributed by atoms with Crippen LogP contribution in [-0.4, -0.2) is 12.6 Å². The highest BCUT2D eigenvalue weighted by Crippen LogP contribution is 2.02. The maximum absolute atomic E-state index is 11.0. The monoisotopic (exact) mass is 212 g/mol. The number of ether oxygens (including phenoxy) is 1. The van der Waals surface area contributed by atoms with Gasteiger partial charge in [-0.05, 0) is 19.3 Å². The molecular weight excluding hydrogens is 188 g/mol. The van der Waals surface area contributed by atoms with E-state index in [2.05, 4.69) is 13.0 Å². The Morgan fingerprint density at radius 3 is 2.53 bits per heavy atom. The van der Waals surface area contributed by atoms with Crippen LogP contribution in [0.2, 0.25) is 0 Å². The minimum atomic E-state index is -0.0897. The number of hydrogen-bond acceptors (Lipinski definition) is 2. The number of carbonyl (C=O) groups is 1. The highest BCUT2D eigenvalue weighted by molar-refractivity contribution is 5.69. The molecule has 2 heteroatoms. The highest BCUT2D eigenvalue weighted by atomic mass is 16.5. The zero-order valence-electron chi connectivity index (χ0n) is 10.1. The number of allylic oxidation sites excluding steroid dienone is 1. The summed E-state index contributed by atoms with van der Waals surface area (Å²) in [7, 11) is 0. The molecule has 0 saturated carbocycles. The Labute approximate surface area is 93.7 Å². The van der Waals surface area contributed by atoms with E-state index in [1.165, 1.54) is 25.7 Å². The zero-order chi connectivity index (χ0) is 11.4. The summed E-state index contributed by atoms with van der Waals surface area (Å²) in [6.07, 6.45) is 11.7. The second-order valence-corrected chi connectivity index (χ2v) is 3.75. The molecule has 0 unspecified atom stereocenters. The molecule has 0 bridgehead atoms. The first-order valence-electron chi connectivity index (χ1n) is 6.11. The molecule has 2 nitrogen and oxygen atoms in total. The van der Waals surface area contributed by atoms with Crippen molar-refractivity contribution in [2.75, 3.05) is 6.61 Å². The summed E-state index contributed by atoms with van der Waals surface area (Å²) in [5.41, 5.74) is 0. The largest absolute Gasteiger partial charge is 0.461 e. The molecule has 0 aromatic carbocycles. The van der Waals surface area contributed by atoms with E-state index in [-0.39, 0.29) is 5.97 Å². The van der Waals surface area contributed by atoms with Gasteiger partial charge in [0.05, 0.1) is 0 Å². The Hall–Kier alpha value is -0.790. The molecule has 0 N–H and O–H groups in total. The first-order valence-corrected chi connectivity index (χ1v) is 6.11. The predicted octanol–water partition coefficient (Wildman–Crippen LogP) is 3.86. The molecule has 0 rings (SSSR count). The van der Waals surface area contributed by atoms with Crippen molar-refractivity contribution in [3.05, 3.63) is 12.2 Å². The second kappa shape index (κ2) is 11.3. The van der Waals surface area contributed by atoms with Crippen LogP contribution in [0.5, 0.6) is 0 Å². The van der Waals surface area contributed by atoms with Gasteiger partial charge in [-0.1, -0.05) is 45.3 Å². The molecule has 0 amide bonds. The summed E-state index contributed by atoms with van der Waals surface area (Å²) in [4.78, 5) is 11.0. The highest BCUT2D eigenvalue weighted by Gasteiger charge is 1.96. The van der Waals surface area contributed by atoms with Crippen molar-refractivity contribution >= 4 is 5.97 Å². The SMILES string of the molecule is CCCCCC/C=C\COC(=O)CCC. The van der Waals surface area contributed by atoms with Gasteiger partial charge in [0.25, 0.3) is 0 Å². The Morgan fingerprint density at radius 1 is 1.07 bits per heavy atom. The van der Waals surface area contributed by atoms with Gasteiger partial charge in [0.1, 0.15) is 6.61 Å². The molecule has 0 aromatic rings. The molecule has 0 aromatic heterocycles. The van der Waals surface area contributed by atoms with E-state index in [1.54, 1.807) is 0 Å². The van der Waals surface area contributed by atoms with Gasteiger partial charge >= 0.3 is 5.97 Å². The van der Waals surface area contributed by atoms with Gasteiger partial charge < -0.3 is 4.74 Å². The van der Waals surface area contributed by atoms with E-state index in [4.69, 9.17) is 4.74 Å². The van der Waals surface area contributed by atoms with Gasteiger partial charge in [0, 0.05) is 6.42 Å². The second-order valence-electron chi connectivity index (χ2n) is 3.75. The van der Waals surface area contributed by atoms with Crippen molar-refractivity contribution in [1.82, 2.24) is 0 Å². The van der Waals surface area contributed by atoms with Crippen molar-refractivity contribution in [2.45, 2.75) is 58.8 Å². The smallest absolute Gasteiger partial charge is 0.306 e. The third kappa shape index (κ3) is 11.1. The molecule has 15 heavy (non-hydrogen) atoms. The number of carbonyl (C=O) groups excluding carboxylic acids is 1. The van der Waals surface area contributed by atoms with Gasteiger partial charge in [0.2, 0.25) is 0 Å². The van der Waals surface area contributed by atoms with Gasteiger partial charge in [0.15, 0.2) is 0 Å². The van der Waals surface area contributed by atoms with Gasteiger partial charge in [-0.15, -0.1) is 0 Å². The first kappa shape index (κ1) is 14.2. The summed E-state index contributed by atoms with van der Waals surface area (Å²) in [5, 5.41) is 0.